The molecule has 8 heteroatoms. The van der Waals surface area contributed by atoms with Crippen molar-refractivity contribution in [2.45, 2.75) is 45.7 Å². The molecule has 0 unspecified atom stereocenters. The van der Waals surface area contributed by atoms with Gasteiger partial charge in [-0.15, -0.1) is 10.2 Å². The average Bonchev–Trinajstić information content (AvgIpc) is 3.03. The van der Waals surface area contributed by atoms with E-state index >= 15 is 0 Å². The Morgan fingerprint density at radius 3 is 2.56 bits per heavy atom. The summed E-state index contributed by atoms with van der Waals surface area (Å²) in [5.41, 5.74) is 2.54. The van der Waals surface area contributed by atoms with E-state index in [9.17, 15) is 4.79 Å². The molecule has 4 rings (SSSR count). The second-order valence-electron chi connectivity index (χ2n) is 7.92. The molecule has 0 saturated heterocycles. The number of aryl methyl sites for hydroxylation is 2. The molecule has 0 spiro atoms. The molecule has 0 atom stereocenters. The van der Waals surface area contributed by atoms with Crippen LogP contribution in [0.5, 0.6) is 11.5 Å². The highest BCUT2D eigenvalue weighted by molar-refractivity contribution is 6.01. The molecule has 0 saturated carbocycles. The van der Waals surface area contributed by atoms with Crippen LogP contribution in [-0.4, -0.2) is 35.0 Å². The molecule has 168 valence electrons. The number of nitrogens with zero attached hydrogens (tertiary/aromatic N) is 4. The Kier molecular flexibility index (Phi) is 6.58. The van der Waals surface area contributed by atoms with Crippen LogP contribution in [-0.2, 0) is 19.5 Å². The van der Waals surface area contributed by atoms with E-state index in [1.165, 1.54) is 6.42 Å². The van der Waals surface area contributed by atoms with Gasteiger partial charge in [-0.3, -0.25) is 4.90 Å². The summed E-state index contributed by atoms with van der Waals surface area (Å²) in [5, 5.41) is 11.8. The van der Waals surface area contributed by atoms with Crippen molar-refractivity contribution in [3.63, 3.8) is 0 Å². The molecule has 32 heavy (non-hydrogen) atoms. The fraction of sp³-hybridized carbons (Fsp3) is 0.375. The Labute approximate surface area is 188 Å². The summed E-state index contributed by atoms with van der Waals surface area (Å²) in [7, 11) is 3.17. The van der Waals surface area contributed by atoms with Gasteiger partial charge in [0.1, 0.15) is 5.82 Å². The van der Waals surface area contributed by atoms with Gasteiger partial charge in [-0.2, -0.15) is 0 Å². The number of urea groups is 1. The number of rotatable bonds is 6. The van der Waals surface area contributed by atoms with E-state index in [0.29, 0.717) is 23.7 Å². The molecule has 0 fully saturated rings. The van der Waals surface area contributed by atoms with Gasteiger partial charge in [0.25, 0.3) is 0 Å². The zero-order chi connectivity index (χ0) is 22.5. The van der Waals surface area contributed by atoms with Crippen LogP contribution in [0.4, 0.5) is 16.2 Å². The molecule has 2 amide bonds. The van der Waals surface area contributed by atoms with Crippen molar-refractivity contribution in [3.05, 3.63) is 59.7 Å². The number of aromatic nitrogens is 3. The SMILES string of the molecule is COc1ccc(N(Cc2nnc3n2CCCCC3)C(=O)Nc2ccc(C)cc2)cc1OC. The Bertz CT molecular complexity index is 1080. The molecule has 2 aromatic carbocycles. The third-order valence-corrected chi connectivity index (χ3v) is 5.71. The summed E-state index contributed by atoms with van der Waals surface area (Å²) in [6, 6.07) is 12.9. The summed E-state index contributed by atoms with van der Waals surface area (Å²) in [4.78, 5) is 15.1. The number of hydrogen-bond donors (Lipinski definition) is 1. The topological polar surface area (TPSA) is 81.5 Å². The molecule has 1 aliphatic rings. The first-order chi connectivity index (χ1) is 15.6. The highest BCUT2D eigenvalue weighted by Gasteiger charge is 2.23. The summed E-state index contributed by atoms with van der Waals surface area (Å²) < 4.78 is 13.0. The maximum absolute atomic E-state index is 13.4. The molecule has 1 aliphatic heterocycles. The number of benzene rings is 2. The van der Waals surface area contributed by atoms with Crippen molar-refractivity contribution in [2.75, 3.05) is 24.4 Å². The zero-order valence-corrected chi connectivity index (χ0v) is 18.8. The van der Waals surface area contributed by atoms with E-state index in [0.717, 1.165) is 48.7 Å². The number of nitrogens with one attached hydrogen (secondary N) is 1. The lowest BCUT2D eigenvalue weighted by Gasteiger charge is -2.24. The largest absolute Gasteiger partial charge is 0.493 e. The van der Waals surface area contributed by atoms with Crippen LogP contribution in [0.15, 0.2) is 42.5 Å². The van der Waals surface area contributed by atoms with Crippen LogP contribution in [0.1, 0.15) is 36.5 Å². The second-order valence-corrected chi connectivity index (χ2v) is 7.92. The first-order valence-corrected chi connectivity index (χ1v) is 10.9. The normalized spacial score (nSPS) is 13.1. The molecule has 8 nitrogen and oxygen atoms in total. The fourth-order valence-corrected chi connectivity index (χ4v) is 3.90. The first kappa shape index (κ1) is 21.7. The third kappa shape index (κ3) is 4.69. The van der Waals surface area contributed by atoms with E-state index in [2.05, 4.69) is 20.1 Å². The summed E-state index contributed by atoms with van der Waals surface area (Å²) in [6.45, 7) is 3.18. The third-order valence-electron chi connectivity index (χ3n) is 5.71. The molecule has 1 N–H and O–H groups in total. The highest BCUT2D eigenvalue weighted by Crippen LogP contribution is 2.32. The molecule has 1 aromatic heterocycles. The van der Waals surface area contributed by atoms with Crippen molar-refractivity contribution in [3.8, 4) is 11.5 Å². The lowest BCUT2D eigenvalue weighted by Crippen LogP contribution is -2.35. The average molecular weight is 436 g/mol. The molecule has 0 aliphatic carbocycles. The molecule has 3 aromatic rings. The maximum atomic E-state index is 13.4. The fourth-order valence-electron chi connectivity index (χ4n) is 3.90. The number of hydrogen-bond acceptors (Lipinski definition) is 5. The lowest BCUT2D eigenvalue weighted by molar-refractivity contribution is 0.256. The summed E-state index contributed by atoms with van der Waals surface area (Å²) in [5.74, 6) is 2.92. The van der Waals surface area contributed by atoms with Gasteiger partial charge >= 0.3 is 6.03 Å². The zero-order valence-electron chi connectivity index (χ0n) is 18.8. The van der Waals surface area contributed by atoms with Gasteiger partial charge in [-0.05, 0) is 44.0 Å². The van der Waals surface area contributed by atoms with Crippen molar-refractivity contribution in [1.29, 1.82) is 0 Å². The second kappa shape index (κ2) is 9.72. The Hall–Kier alpha value is -3.55. The number of methoxy groups -OCH3 is 2. The van der Waals surface area contributed by atoms with Gasteiger partial charge in [-0.25, -0.2) is 4.79 Å². The van der Waals surface area contributed by atoms with Crippen LogP contribution < -0.4 is 19.7 Å². The van der Waals surface area contributed by atoms with Crippen LogP contribution in [0.25, 0.3) is 0 Å². The monoisotopic (exact) mass is 435 g/mol. The minimum absolute atomic E-state index is 0.257. The minimum Gasteiger partial charge on any atom is -0.493 e. The summed E-state index contributed by atoms with van der Waals surface area (Å²) in [6.07, 6.45) is 4.30. The first-order valence-electron chi connectivity index (χ1n) is 10.9. The van der Waals surface area contributed by atoms with E-state index in [4.69, 9.17) is 9.47 Å². The van der Waals surface area contributed by atoms with E-state index in [1.54, 1.807) is 31.3 Å². The Morgan fingerprint density at radius 1 is 1.03 bits per heavy atom. The van der Waals surface area contributed by atoms with Gasteiger partial charge < -0.3 is 19.4 Å². The Balaban J connectivity index is 1.67. The molecule has 0 radical (unpaired) electrons. The molecule has 0 bridgehead atoms. The van der Waals surface area contributed by atoms with Crippen LogP contribution in [0.3, 0.4) is 0 Å². The quantitative estimate of drug-likeness (QED) is 0.613. The van der Waals surface area contributed by atoms with Crippen molar-refractivity contribution >= 4 is 17.4 Å². The van der Waals surface area contributed by atoms with Crippen LogP contribution in [0, 0.1) is 6.92 Å². The van der Waals surface area contributed by atoms with Crippen LogP contribution in [0.2, 0.25) is 0 Å². The van der Waals surface area contributed by atoms with E-state index < -0.39 is 0 Å². The predicted octanol–water partition coefficient (Wildman–Crippen LogP) is 4.57. The smallest absolute Gasteiger partial charge is 0.326 e. The van der Waals surface area contributed by atoms with Gasteiger partial charge in [-0.1, -0.05) is 24.1 Å². The minimum atomic E-state index is -0.257. The van der Waals surface area contributed by atoms with E-state index in [-0.39, 0.29) is 6.03 Å². The molecule has 2 heterocycles. The molecular formula is C24H29N5O3. The number of carbonyl (C=O) groups excluding carboxylic acids is 1. The van der Waals surface area contributed by atoms with Crippen molar-refractivity contribution < 1.29 is 14.3 Å². The number of amides is 2. The van der Waals surface area contributed by atoms with Gasteiger partial charge in [0.2, 0.25) is 0 Å². The van der Waals surface area contributed by atoms with Gasteiger partial charge in [0, 0.05) is 30.4 Å². The Morgan fingerprint density at radius 2 is 1.81 bits per heavy atom. The summed E-state index contributed by atoms with van der Waals surface area (Å²) >= 11 is 0. The van der Waals surface area contributed by atoms with E-state index in [1.807, 2.05) is 37.3 Å². The lowest BCUT2D eigenvalue weighted by atomic mass is 10.2. The highest BCUT2D eigenvalue weighted by atomic mass is 16.5. The molecular weight excluding hydrogens is 406 g/mol. The number of fused-ring (bicyclic) bond motifs is 1. The predicted molar refractivity (Wildman–Crippen MR) is 124 cm³/mol. The van der Waals surface area contributed by atoms with Gasteiger partial charge in [0.05, 0.1) is 20.8 Å². The number of anilines is 2. The number of ether oxygens (including phenoxy) is 2. The van der Waals surface area contributed by atoms with Gasteiger partial charge in [0.15, 0.2) is 17.3 Å². The van der Waals surface area contributed by atoms with Crippen molar-refractivity contribution in [2.24, 2.45) is 0 Å². The standard InChI is InChI=1S/C24H29N5O3/c1-17-8-10-18(11-9-17)25-24(30)29(19-12-13-20(31-2)21(15-19)32-3)16-23-27-26-22-7-5-4-6-14-28(22)23/h8-13,15H,4-7,14,16H2,1-3H3,(H,25,30). The van der Waals surface area contributed by atoms with Crippen molar-refractivity contribution in [1.82, 2.24) is 14.8 Å². The number of carbonyl (C=O) groups is 1. The maximum Gasteiger partial charge on any atom is 0.326 e. The van der Waals surface area contributed by atoms with Crippen LogP contribution >= 0.6 is 0 Å².